The van der Waals surface area contributed by atoms with Crippen molar-refractivity contribution in [2.45, 2.75) is 50.9 Å². The summed E-state index contributed by atoms with van der Waals surface area (Å²) < 4.78 is 0. The summed E-state index contributed by atoms with van der Waals surface area (Å²) in [6.07, 6.45) is 9.53. The van der Waals surface area contributed by atoms with Gasteiger partial charge >= 0.3 is 0 Å². The van der Waals surface area contributed by atoms with Crippen LogP contribution in [0.4, 0.5) is 17.2 Å². The molecule has 2 aliphatic heterocycles. The second-order valence-corrected chi connectivity index (χ2v) is 10.0. The molecule has 6 nitrogen and oxygen atoms in total. The molecule has 1 aromatic carbocycles. The van der Waals surface area contributed by atoms with Crippen molar-refractivity contribution < 1.29 is 4.79 Å². The van der Waals surface area contributed by atoms with Gasteiger partial charge in [0.25, 0.3) is 0 Å². The van der Waals surface area contributed by atoms with E-state index in [1.807, 2.05) is 12.1 Å². The van der Waals surface area contributed by atoms with Crippen LogP contribution >= 0.6 is 0 Å². The lowest BCUT2D eigenvalue weighted by atomic mass is 9.85. The standard InChI is InChI=1S/C29H33N5O/c35-29(31-23-13-14-30-27(20-23)34-17-3-4-18-34)25-10-6-7-21-11-12-26(32-28(21)25)22-8-5-9-24(19-22)33-15-1-2-16-33/h5,8-9,11-14,19-20,25H,1-4,6-7,10,15-18H2,(H,30,31,35). The molecule has 0 saturated carbocycles. The first-order valence-electron chi connectivity index (χ1n) is 13.1. The molecule has 180 valence electrons. The zero-order chi connectivity index (χ0) is 23.6. The maximum absolute atomic E-state index is 13.4. The Morgan fingerprint density at radius 3 is 2.51 bits per heavy atom. The molecule has 6 heteroatoms. The van der Waals surface area contributed by atoms with E-state index in [0.717, 1.165) is 73.9 Å². The number of nitrogens with one attached hydrogen (secondary N) is 1. The number of pyridine rings is 2. The van der Waals surface area contributed by atoms with Crippen molar-refractivity contribution in [1.29, 1.82) is 0 Å². The lowest BCUT2D eigenvalue weighted by Gasteiger charge is -2.25. The van der Waals surface area contributed by atoms with E-state index in [2.05, 4.69) is 56.5 Å². The van der Waals surface area contributed by atoms with Gasteiger partial charge in [-0.2, -0.15) is 0 Å². The van der Waals surface area contributed by atoms with Gasteiger partial charge in [0.05, 0.1) is 17.3 Å². The molecule has 0 spiro atoms. The van der Waals surface area contributed by atoms with Crippen LogP contribution in [-0.4, -0.2) is 42.1 Å². The van der Waals surface area contributed by atoms with Gasteiger partial charge in [-0.15, -0.1) is 0 Å². The van der Waals surface area contributed by atoms with E-state index in [1.165, 1.54) is 36.9 Å². The number of hydrogen-bond donors (Lipinski definition) is 1. The third-order valence-corrected chi connectivity index (χ3v) is 7.65. The minimum atomic E-state index is -0.233. The molecule has 1 atom stereocenters. The number of amides is 1. The Balaban J connectivity index is 1.24. The van der Waals surface area contributed by atoms with E-state index >= 15 is 0 Å². The largest absolute Gasteiger partial charge is 0.372 e. The van der Waals surface area contributed by atoms with Crippen molar-refractivity contribution in [3.8, 4) is 11.3 Å². The maximum Gasteiger partial charge on any atom is 0.233 e. The number of fused-ring (bicyclic) bond motifs is 1. The van der Waals surface area contributed by atoms with E-state index < -0.39 is 0 Å². The molecular weight excluding hydrogens is 434 g/mol. The summed E-state index contributed by atoms with van der Waals surface area (Å²) in [6.45, 7) is 4.31. The highest BCUT2D eigenvalue weighted by Crippen LogP contribution is 2.34. The van der Waals surface area contributed by atoms with E-state index in [0.29, 0.717) is 0 Å². The molecule has 1 aliphatic carbocycles. The highest BCUT2D eigenvalue weighted by molar-refractivity contribution is 5.96. The minimum Gasteiger partial charge on any atom is -0.372 e. The number of nitrogens with zero attached hydrogens (tertiary/aromatic N) is 4. The molecule has 1 amide bonds. The number of aromatic nitrogens is 2. The highest BCUT2D eigenvalue weighted by Gasteiger charge is 2.29. The average Bonchev–Trinajstić information content (AvgIpc) is 3.63. The summed E-state index contributed by atoms with van der Waals surface area (Å²) in [6, 6.07) is 16.9. The number of anilines is 3. The second kappa shape index (κ2) is 9.68. The Labute approximate surface area is 207 Å². The summed E-state index contributed by atoms with van der Waals surface area (Å²) in [5.74, 6) is 0.742. The van der Waals surface area contributed by atoms with Crippen LogP contribution in [0.25, 0.3) is 11.3 Å². The average molecular weight is 468 g/mol. The number of hydrogen-bond acceptors (Lipinski definition) is 5. The van der Waals surface area contributed by atoms with Crippen molar-refractivity contribution in [1.82, 2.24) is 9.97 Å². The fraction of sp³-hybridized carbons (Fsp3) is 0.414. The van der Waals surface area contributed by atoms with Crippen LogP contribution in [0.1, 0.15) is 55.7 Å². The quantitative estimate of drug-likeness (QED) is 0.544. The maximum atomic E-state index is 13.4. The first kappa shape index (κ1) is 22.1. The molecule has 1 unspecified atom stereocenters. The topological polar surface area (TPSA) is 61.4 Å². The Morgan fingerprint density at radius 1 is 0.886 bits per heavy atom. The van der Waals surface area contributed by atoms with Crippen LogP contribution in [0.3, 0.4) is 0 Å². The van der Waals surface area contributed by atoms with E-state index in [1.54, 1.807) is 6.20 Å². The monoisotopic (exact) mass is 467 g/mol. The molecule has 0 radical (unpaired) electrons. The van der Waals surface area contributed by atoms with Crippen molar-refractivity contribution in [2.24, 2.45) is 0 Å². The molecule has 2 aromatic heterocycles. The molecule has 0 bridgehead atoms. The van der Waals surface area contributed by atoms with Gasteiger partial charge in [-0.25, -0.2) is 4.98 Å². The molecule has 6 rings (SSSR count). The summed E-state index contributed by atoms with van der Waals surface area (Å²) >= 11 is 0. The normalized spacial score (nSPS) is 19.6. The predicted molar refractivity (Wildman–Crippen MR) is 141 cm³/mol. The Kier molecular flexibility index (Phi) is 6.11. The lowest BCUT2D eigenvalue weighted by molar-refractivity contribution is -0.118. The SMILES string of the molecule is O=C(Nc1ccnc(N2CCCC2)c1)C1CCCc2ccc(-c3cccc(N4CCCC4)c3)nc21. The van der Waals surface area contributed by atoms with E-state index in [-0.39, 0.29) is 11.8 Å². The lowest BCUT2D eigenvalue weighted by Crippen LogP contribution is -2.26. The highest BCUT2D eigenvalue weighted by atomic mass is 16.1. The van der Waals surface area contributed by atoms with Crippen LogP contribution in [-0.2, 0) is 11.2 Å². The van der Waals surface area contributed by atoms with Gasteiger partial charge in [0.1, 0.15) is 5.82 Å². The molecule has 3 aromatic rings. The fourth-order valence-electron chi connectivity index (χ4n) is 5.75. The van der Waals surface area contributed by atoms with Crippen molar-refractivity contribution in [2.75, 3.05) is 41.3 Å². The number of rotatable bonds is 5. The fourth-order valence-corrected chi connectivity index (χ4v) is 5.75. The number of aryl methyl sites for hydroxylation is 1. The number of carbonyl (C=O) groups is 1. The van der Waals surface area contributed by atoms with Crippen LogP contribution in [0.15, 0.2) is 54.7 Å². The summed E-state index contributed by atoms with van der Waals surface area (Å²) in [5, 5.41) is 3.17. The van der Waals surface area contributed by atoms with Gasteiger partial charge in [0.15, 0.2) is 0 Å². The molecular formula is C29H33N5O. The second-order valence-electron chi connectivity index (χ2n) is 10.0. The van der Waals surface area contributed by atoms with Crippen molar-refractivity contribution >= 4 is 23.1 Å². The number of benzene rings is 1. The molecule has 2 saturated heterocycles. The molecule has 3 aliphatic rings. The van der Waals surface area contributed by atoms with Gasteiger partial charge in [-0.1, -0.05) is 18.2 Å². The Hall–Kier alpha value is -3.41. The van der Waals surface area contributed by atoms with E-state index in [9.17, 15) is 4.79 Å². The third-order valence-electron chi connectivity index (χ3n) is 7.65. The predicted octanol–water partition coefficient (Wildman–Crippen LogP) is 5.40. The Morgan fingerprint density at radius 2 is 1.69 bits per heavy atom. The molecule has 1 N–H and O–H groups in total. The first-order valence-corrected chi connectivity index (χ1v) is 13.1. The van der Waals surface area contributed by atoms with Gasteiger partial charge in [0.2, 0.25) is 5.91 Å². The minimum absolute atomic E-state index is 0.0278. The summed E-state index contributed by atoms with van der Waals surface area (Å²) in [4.78, 5) is 27.8. The zero-order valence-electron chi connectivity index (χ0n) is 20.2. The smallest absolute Gasteiger partial charge is 0.233 e. The van der Waals surface area contributed by atoms with Crippen molar-refractivity contribution in [3.05, 3.63) is 66.0 Å². The van der Waals surface area contributed by atoms with Crippen LogP contribution < -0.4 is 15.1 Å². The molecule has 2 fully saturated rings. The van der Waals surface area contributed by atoms with Crippen LogP contribution in [0.5, 0.6) is 0 Å². The van der Waals surface area contributed by atoms with Gasteiger partial charge in [-0.05, 0) is 74.8 Å². The van der Waals surface area contributed by atoms with Gasteiger partial charge in [-0.3, -0.25) is 9.78 Å². The van der Waals surface area contributed by atoms with Crippen molar-refractivity contribution in [3.63, 3.8) is 0 Å². The van der Waals surface area contributed by atoms with Gasteiger partial charge < -0.3 is 15.1 Å². The third kappa shape index (κ3) is 4.62. The van der Waals surface area contributed by atoms with E-state index in [4.69, 9.17) is 4.98 Å². The van der Waals surface area contributed by atoms with Crippen LogP contribution in [0.2, 0.25) is 0 Å². The summed E-state index contributed by atoms with van der Waals surface area (Å²) in [7, 11) is 0. The van der Waals surface area contributed by atoms with Gasteiger partial charge in [0, 0.05) is 55.4 Å². The zero-order valence-corrected chi connectivity index (χ0v) is 20.2. The Bertz CT molecular complexity index is 1210. The molecule has 4 heterocycles. The number of carbonyl (C=O) groups excluding carboxylic acids is 1. The molecule has 35 heavy (non-hydrogen) atoms. The first-order chi connectivity index (χ1) is 17.2. The summed E-state index contributed by atoms with van der Waals surface area (Å²) in [5.41, 5.74) is 6.28. The van der Waals surface area contributed by atoms with Crippen LogP contribution in [0, 0.1) is 0 Å².